The SMILES string of the molecule is CCCCCOC(=O)c1cc(S(N)(=O)=O)c(C)cc1C. The highest BCUT2D eigenvalue weighted by Gasteiger charge is 2.18. The summed E-state index contributed by atoms with van der Waals surface area (Å²) in [5.41, 5.74) is 1.44. The number of esters is 1. The molecule has 0 aromatic heterocycles. The number of carbonyl (C=O) groups is 1. The summed E-state index contributed by atoms with van der Waals surface area (Å²) in [4.78, 5) is 11.9. The van der Waals surface area contributed by atoms with E-state index in [2.05, 4.69) is 6.92 Å². The molecule has 20 heavy (non-hydrogen) atoms. The number of ether oxygens (including phenoxy) is 1. The van der Waals surface area contributed by atoms with Crippen LogP contribution in [0.1, 0.15) is 47.7 Å². The molecule has 1 aromatic carbocycles. The van der Waals surface area contributed by atoms with Crippen molar-refractivity contribution in [2.75, 3.05) is 6.61 Å². The summed E-state index contributed by atoms with van der Waals surface area (Å²) in [5.74, 6) is -0.511. The van der Waals surface area contributed by atoms with Crippen molar-refractivity contribution in [2.45, 2.75) is 44.9 Å². The fraction of sp³-hybridized carbons (Fsp3) is 0.500. The molecule has 1 aromatic rings. The summed E-state index contributed by atoms with van der Waals surface area (Å²) in [5, 5.41) is 5.14. The Labute approximate surface area is 120 Å². The van der Waals surface area contributed by atoms with E-state index < -0.39 is 16.0 Å². The summed E-state index contributed by atoms with van der Waals surface area (Å²) in [6, 6.07) is 2.92. The zero-order chi connectivity index (χ0) is 15.3. The first-order valence-electron chi connectivity index (χ1n) is 6.58. The first kappa shape index (κ1) is 16.7. The van der Waals surface area contributed by atoms with E-state index in [1.165, 1.54) is 6.07 Å². The van der Waals surface area contributed by atoms with E-state index in [1.54, 1.807) is 19.9 Å². The third-order valence-corrected chi connectivity index (χ3v) is 4.08. The number of aryl methyl sites for hydroxylation is 2. The van der Waals surface area contributed by atoms with E-state index in [4.69, 9.17) is 9.88 Å². The summed E-state index contributed by atoms with van der Waals surface area (Å²) in [6.45, 7) is 5.78. The molecule has 0 heterocycles. The van der Waals surface area contributed by atoms with E-state index >= 15 is 0 Å². The van der Waals surface area contributed by atoms with Crippen molar-refractivity contribution in [2.24, 2.45) is 5.14 Å². The molecule has 0 aliphatic rings. The van der Waals surface area contributed by atoms with Crippen molar-refractivity contribution in [3.8, 4) is 0 Å². The number of rotatable bonds is 6. The average Bonchev–Trinajstić information content (AvgIpc) is 2.32. The van der Waals surface area contributed by atoms with Gasteiger partial charge in [-0.15, -0.1) is 0 Å². The Morgan fingerprint density at radius 1 is 1.20 bits per heavy atom. The second kappa shape index (κ2) is 6.85. The van der Waals surface area contributed by atoms with Crippen LogP contribution < -0.4 is 5.14 Å². The molecule has 6 heteroatoms. The van der Waals surface area contributed by atoms with Crippen LogP contribution in [0.15, 0.2) is 17.0 Å². The molecule has 0 unspecified atom stereocenters. The maximum absolute atomic E-state index is 12.0. The van der Waals surface area contributed by atoms with Crippen LogP contribution in [0.3, 0.4) is 0 Å². The molecule has 0 saturated carbocycles. The van der Waals surface area contributed by atoms with Gasteiger partial charge in [0.1, 0.15) is 0 Å². The van der Waals surface area contributed by atoms with Gasteiger partial charge < -0.3 is 4.74 Å². The average molecular weight is 299 g/mol. The minimum absolute atomic E-state index is 0.0383. The predicted molar refractivity (Wildman–Crippen MR) is 77.1 cm³/mol. The van der Waals surface area contributed by atoms with Crippen molar-refractivity contribution in [3.05, 3.63) is 28.8 Å². The lowest BCUT2D eigenvalue weighted by Gasteiger charge is -2.11. The lowest BCUT2D eigenvalue weighted by atomic mass is 10.1. The van der Waals surface area contributed by atoms with Crippen molar-refractivity contribution in [1.29, 1.82) is 0 Å². The molecular weight excluding hydrogens is 278 g/mol. The first-order valence-corrected chi connectivity index (χ1v) is 8.13. The Hall–Kier alpha value is -1.40. The first-order chi connectivity index (χ1) is 9.27. The van der Waals surface area contributed by atoms with Crippen LogP contribution in [-0.4, -0.2) is 21.0 Å². The van der Waals surface area contributed by atoms with Gasteiger partial charge in [0.25, 0.3) is 0 Å². The maximum atomic E-state index is 12.0. The highest BCUT2D eigenvalue weighted by molar-refractivity contribution is 7.89. The topological polar surface area (TPSA) is 86.5 Å². The number of hydrogen-bond acceptors (Lipinski definition) is 4. The lowest BCUT2D eigenvalue weighted by Crippen LogP contribution is -2.16. The van der Waals surface area contributed by atoms with Crippen molar-refractivity contribution >= 4 is 16.0 Å². The molecule has 0 radical (unpaired) electrons. The van der Waals surface area contributed by atoms with Crippen molar-refractivity contribution in [3.63, 3.8) is 0 Å². The summed E-state index contributed by atoms with van der Waals surface area (Å²) in [7, 11) is -3.84. The molecule has 0 bridgehead atoms. The standard InChI is InChI=1S/C14H21NO4S/c1-4-5-6-7-19-14(16)12-9-13(20(15,17)18)11(3)8-10(12)2/h8-9H,4-7H2,1-3H3,(H2,15,17,18). The van der Waals surface area contributed by atoms with Gasteiger partial charge in [0.05, 0.1) is 17.1 Å². The minimum atomic E-state index is -3.84. The van der Waals surface area contributed by atoms with Crippen LogP contribution in [0.2, 0.25) is 0 Å². The molecule has 0 fully saturated rings. The Balaban J connectivity index is 2.98. The highest BCUT2D eigenvalue weighted by atomic mass is 32.2. The Bertz CT molecular complexity index is 593. The van der Waals surface area contributed by atoms with Gasteiger partial charge in [0, 0.05) is 0 Å². The second-order valence-electron chi connectivity index (χ2n) is 4.82. The second-order valence-corrected chi connectivity index (χ2v) is 6.35. The number of nitrogens with two attached hydrogens (primary N) is 1. The highest BCUT2D eigenvalue weighted by Crippen LogP contribution is 2.20. The Morgan fingerprint density at radius 2 is 1.85 bits per heavy atom. The van der Waals surface area contributed by atoms with Gasteiger partial charge in [-0.1, -0.05) is 25.8 Å². The number of benzene rings is 1. The largest absolute Gasteiger partial charge is 0.462 e. The zero-order valence-corrected chi connectivity index (χ0v) is 12.9. The van der Waals surface area contributed by atoms with Crippen LogP contribution in [-0.2, 0) is 14.8 Å². The quantitative estimate of drug-likeness (QED) is 0.645. The molecule has 0 aliphatic carbocycles. The summed E-state index contributed by atoms with van der Waals surface area (Å²) < 4.78 is 28.1. The predicted octanol–water partition coefficient (Wildman–Crippen LogP) is 2.30. The van der Waals surface area contributed by atoms with Gasteiger partial charge in [-0.3, -0.25) is 0 Å². The molecular formula is C14H21NO4S. The number of carbonyl (C=O) groups excluding carboxylic acids is 1. The fourth-order valence-electron chi connectivity index (χ4n) is 1.95. The smallest absolute Gasteiger partial charge is 0.338 e. The summed E-state index contributed by atoms with van der Waals surface area (Å²) >= 11 is 0. The van der Waals surface area contributed by atoms with E-state index in [9.17, 15) is 13.2 Å². The van der Waals surface area contributed by atoms with Crippen LogP contribution >= 0.6 is 0 Å². The number of sulfonamides is 1. The summed E-state index contributed by atoms with van der Waals surface area (Å²) in [6.07, 6.45) is 2.83. The Morgan fingerprint density at radius 3 is 2.40 bits per heavy atom. The Kier molecular flexibility index (Phi) is 5.71. The third kappa shape index (κ3) is 4.31. The molecule has 1 rings (SSSR count). The van der Waals surface area contributed by atoms with Crippen LogP contribution in [0.25, 0.3) is 0 Å². The van der Waals surface area contributed by atoms with Gasteiger partial charge in [0.2, 0.25) is 10.0 Å². The fourth-order valence-corrected chi connectivity index (χ4v) is 2.74. The van der Waals surface area contributed by atoms with Gasteiger partial charge in [0.15, 0.2) is 0 Å². The molecule has 0 amide bonds. The number of primary sulfonamides is 1. The van der Waals surface area contributed by atoms with Gasteiger partial charge >= 0.3 is 5.97 Å². The van der Waals surface area contributed by atoms with E-state index in [0.29, 0.717) is 17.7 Å². The van der Waals surface area contributed by atoms with E-state index in [0.717, 1.165) is 19.3 Å². The number of unbranched alkanes of at least 4 members (excludes halogenated alkanes) is 2. The lowest BCUT2D eigenvalue weighted by molar-refractivity contribution is 0.0497. The monoisotopic (exact) mass is 299 g/mol. The van der Waals surface area contributed by atoms with Crippen LogP contribution in [0.5, 0.6) is 0 Å². The molecule has 0 aliphatic heterocycles. The normalized spacial score (nSPS) is 11.4. The van der Waals surface area contributed by atoms with E-state index in [-0.39, 0.29) is 10.5 Å². The van der Waals surface area contributed by atoms with Crippen LogP contribution in [0, 0.1) is 13.8 Å². The van der Waals surface area contributed by atoms with Crippen LogP contribution in [0.4, 0.5) is 0 Å². The third-order valence-electron chi connectivity index (χ3n) is 3.03. The van der Waals surface area contributed by atoms with Gasteiger partial charge in [-0.05, 0) is 37.5 Å². The van der Waals surface area contributed by atoms with Gasteiger partial charge in [-0.2, -0.15) is 0 Å². The molecule has 112 valence electrons. The molecule has 0 atom stereocenters. The van der Waals surface area contributed by atoms with E-state index in [1.807, 2.05) is 0 Å². The zero-order valence-electron chi connectivity index (χ0n) is 12.1. The number of hydrogen-bond donors (Lipinski definition) is 1. The van der Waals surface area contributed by atoms with Crippen molar-refractivity contribution < 1.29 is 17.9 Å². The molecule has 5 nitrogen and oxygen atoms in total. The minimum Gasteiger partial charge on any atom is -0.462 e. The maximum Gasteiger partial charge on any atom is 0.338 e. The molecule has 0 saturated heterocycles. The van der Waals surface area contributed by atoms with Crippen molar-refractivity contribution in [1.82, 2.24) is 0 Å². The van der Waals surface area contributed by atoms with Gasteiger partial charge in [-0.25, -0.2) is 18.4 Å². The molecule has 2 N–H and O–H groups in total. The molecule has 0 spiro atoms.